The smallest absolute Gasteiger partial charge is 0.241 e. The Bertz CT molecular complexity index is 1450. The molecule has 0 N–H and O–H groups in total. The third-order valence-corrected chi connectivity index (χ3v) is 7.62. The van der Waals surface area contributed by atoms with Crippen molar-refractivity contribution in [1.82, 2.24) is 0 Å². The first kappa shape index (κ1) is 24.9. The first-order chi connectivity index (χ1) is 18.7. The zero-order valence-corrected chi connectivity index (χ0v) is 21.3. The topological polar surface area (TPSA) is 71.1 Å². The molecule has 1 amide bonds. The predicted octanol–water partition coefficient (Wildman–Crippen LogP) is 7.15. The van der Waals surface area contributed by atoms with Crippen molar-refractivity contribution in [2.45, 2.75) is 17.0 Å². The Morgan fingerprint density at radius 3 is 1.79 bits per heavy atom. The van der Waals surface area contributed by atoms with Gasteiger partial charge in [0.15, 0.2) is 0 Å². The fourth-order valence-electron chi connectivity index (χ4n) is 4.52. The third-order valence-electron chi connectivity index (χ3n) is 6.30. The maximum atomic E-state index is 13.5. The van der Waals surface area contributed by atoms with Crippen LogP contribution < -0.4 is 9.80 Å². The van der Waals surface area contributed by atoms with Crippen molar-refractivity contribution >= 4 is 40.4 Å². The summed E-state index contributed by atoms with van der Waals surface area (Å²) in [5.74, 6) is -0.0306. The number of allylic oxidation sites excluding steroid dienone is 1. The number of para-hydroxylation sites is 3. The van der Waals surface area contributed by atoms with Gasteiger partial charge in [0.2, 0.25) is 5.91 Å². The monoisotopic (exact) mass is 512 g/mol. The summed E-state index contributed by atoms with van der Waals surface area (Å²) in [6, 6.07) is 41.9. The van der Waals surface area contributed by atoms with Crippen LogP contribution in [0.4, 0.5) is 22.7 Å². The standard InChI is InChI=1S/C32H24N4OS/c33-22-25(23-34)21-31-36(28-14-8-3-9-15-28)32(37)30(38-31)20-24-16-18-29(19-17-24)35(26-10-4-1-5-11-26)27-12-6-2-7-13-27/h1-19,21,30-31H,20H2. The van der Waals surface area contributed by atoms with Gasteiger partial charge in [-0.1, -0.05) is 66.7 Å². The summed E-state index contributed by atoms with van der Waals surface area (Å²) in [5.41, 5.74) is 4.94. The molecule has 2 unspecified atom stereocenters. The Morgan fingerprint density at radius 2 is 1.26 bits per heavy atom. The van der Waals surface area contributed by atoms with Gasteiger partial charge in [-0.05, 0) is 66.6 Å². The number of hydrogen-bond donors (Lipinski definition) is 0. The second-order valence-electron chi connectivity index (χ2n) is 8.74. The van der Waals surface area contributed by atoms with E-state index >= 15 is 0 Å². The number of carbonyl (C=O) groups excluding carboxylic acids is 1. The van der Waals surface area contributed by atoms with Crippen LogP contribution in [0.3, 0.4) is 0 Å². The van der Waals surface area contributed by atoms with Gasteiger partial charge in [-0.3, -0.25) is 9.69 Å². The molecule has 6 heteroatoms. The first-order valence-electron chi connectivity index (χ1n) is 12.2. The second-order valence-corrected chi connectivity index (χ2v) is 10.1. The molecule has 5 nitrogen and oxygen atoms in total. The first-order valence-corrected chi connectivity index (χ1v) is 13.2. The molecule has 0 saturated carbocycles. The maximum Gasteiger partial charge on any atom is 0.241 e. The van der Waals surface area contributed by atoms with E-state index in [-0.39, 0.29) is 16.7 Å². The van der Waals surface area contributed by atoms with Crippen molar-refractivity contribution in [1.29, 1.82) is 10.5 Å². The van der Waals surface area contributed by atoms with Gasteiger partial charge in [-0.2, -0.15) is 10.5 Å². The Morgan fingerprint density at radius 1 is 0.763 bits per heavy atom. The minimum absolute atomic E-state index is 0.00292. The van der Waals surface area contributed by atoms with E-state index in [1.807, 2.05) is 78.9 Å². The number of hydrogen-bond acceptors (Lipinski definition) is 5. The largest absolute Gasteiger partial charge is 0.311 e. The summed E-state index contributed by atoms with van der Waals surface area (Å²) in [4.78, 5) is 17.4. The average molecular weight is 513 g/mol. The van der Waals surface area contributed by atoms with Gasteiger partial charge in [-0.25, -0.2) is 0 Å². The minimum Gasteiger partial charge on any atom is -0.311 e. The zero-order chi connectivity index (χ0) is 26.3. The lowest BCUT2D eigenvalue weighted by Gasteiger charge is -2.25. The van der Waals surface area contributed by atoms with Crippen LogP contribution in [0.25, 0.3) is 0 Å². The van der Waals surface area contributed by atoms with Gasteiger partial charge in [-0.15, -0.1) is 11.8 Å². The highest BCUT2D eigenvalue weighted by Crippen LogP contribution is 2.39. The Balaban J connectivity index is 1.41. The van der Waals surface area contributed by atoms with Gasteiger partial charge < -0.3 is 4.90 Å². The Hall–Kier alpha value is -4.78. The molecule has 5 rings (SSSR count). The molecule has 1 aliphatic heterocycles. The van der Waals surface area contributed by atoms with Crippen LogP contribution in [0.15, 0.2) is 127 Å². The molecule has 184 valence electrons. The molecule has 1 aliphatic rings. The second kappa shape index (κ2) is 11.5. The van der Waals surface area contributed by atoms with Crippen LogP contribution in [-0.2, 0) is 11.2 Å². The van der Waals surface area contributed by atoms with Crippen molar-refractivity contribution in [3.63, 3.8) is 0 Å². The summed E-state index contributed by atoms with van der Waals surface area (Å²) >= 11 is 1.47. The van der Waals surface area contributed by atoms with Crippen LogP contribution in [0, 0.1) is 22.7 Å². The number of nitriles is 2. The molecule has 0 aliphatic carbocycles. The van der Waals surface area contributed by atoms with E-state index < -0.39 is 5.37 Å². The van der Waals surface area contributed by atoms with Crippen LogP contribution in [-0.4, -0.2) is 16.5 Å². The quantitative estimate of drug-likeness (QED) is 0.246. The molecule has 4 aromatic carbocycles. The van der Waals surface area contributed by atoms with Gasteiger partial charge in [0.1, 0.15) is 23.1 Å². The summed E-state index contributed by atoms with van der Waals surface area (Å²) in [6.45, 7) is 0. The van der Waals surface area contributed by atoms with E-state index in [4.69, 9.17) is 0 Å². The van der Waals surface area contributed by atoms with Gasteiger partial charge >= 0.3 is 0 Å². The summed E-state index contributed by atoms with van der Waals surface area (Å²) < 4.78 is 0. The van der Waals surface area contributed by atoms with Gasteiger partial charge in [0.25, 0.3) is 0 Å². The predicted molar refractivity (Wildman–Crippen MR) is 153 cm³/mol. The number of carbonyl (C=O) groups is 1. The van der Waals surface area contributed by atoms with Gasteiger partial charge in [0.05, 0.1) is 5.25 Å². The molecule has 1 heterocycles. The van der Waals surface area contributed by atoms with Crippen molar-refractivity contribution in [2.24, 2.45) is 0 Å². The third kappa shape index (κ3) is 5.32. The van der Waals surface area contributed by atoms with Crippen LogP contribution in [0.5, 0.6) is 0 Å². The normalized spacial score (nSPS) is 16.4. The Kier molecular flexibility index (Phi) is 7.54. The Labute approximate surface area is 226 Å². The fraction of sp³-hybridized carbons (Fsp3) is 0.0938. The van der Waals surface area contributed by atoms with E-state index in [1.54, 1.807) is 11.0 Å². The fourth-order valence-corrected chi connectivity index (χ4v) is 5.94. The SMILES string of the molecule is N#CC(C#N)=CC1SC(Cc2ccc(N(c3ccccc3)c3ccccc3)cc2)C(=O)N1c1ccccc1. The van der Waals surface area contributed by atoms with Crippen molar-refractivity contribution in [2.75, 3.05) is 9.80 Å². The molecule has 1 saturated heterocycles. The molecule has 2 atom stereocenters. The van der Waals surface area contributed by atoms with Crippen LogP contribution in [0.2, 0.25) is 0 Å². The summed E-state index contributed by atoms with van der Waals surface area (Å²) in [6.07, 6.45) is 2.12. The molecule has 1 fully saturated rings. The van der Waals surface area contributed by atoms with Gasteiger partial charge in [0, 0.05) is 22.7 Å². The van der Waals surface area contributed by atoms with Crippen molar-refractivity contribution in [3.8, 4) is 12.1 Å². The maximum absolute atomic E-state index is 13.5. The lowest BCUT2D eigenvalue weighted by atomic mass is 10.1. The van der Waals surface area contributed by atoms with E-state index in [0.717, 1.165) is 28.3 Å². The highest BCUT2D eigenvalue weighted by molar-refractivity contribution is 8.02. The van der Waals surface area contributed by atoms with Crippen molar-refractivity contribution < 1.29 is 4.79 Å². The number of amides is 1. The van der Waals surface area contributed by atoms with E-state index in [2.05, 4.69) is 53.4 Å². The molecule has 0 bridgehead atoms. The number of nitrogens with zero attached hydrogens (tertiary/aromatic N) is 4. The number of rotatable bonds is 7. The molecule has 0 spiro atoms. The van der Waals surface area contributed by atoms with E-state index in [0.29, 0.717) is 6.42 Å². The lowest BCUT2D eigenvalue weighted by molar-refractivity contribution is -0.117. The molecular formula is C32H24N4OS. The molecular weight excluding hydrogens is 488 g/mol. The molecule has 0 aromatic heterocycles. The average Bonchev–Trinajstić information content (AvgIpc) is 3.28. The summed E-state index contributed by atoms with van der Waals surface area (Å²) in [5, 5.41) is 17.8. The van der Waals surface area contributed by atoms with Crippen LogP contribution >= 0.6 is 11.8 Å². The number of anilines is 4. The van der Waals surface area contributed by atoms with Crippen LogP contribution in [0.1, 0.15) is 5.56 Å². The minimum atomic E-state index is -0.421. The highest BCUT2D eigenvalue weighted by atomic mass is 32.2. The lowest BCUT2D eigenvalue weighted by Crippen LogP contribution is -2.34. The van der Waals surface area contributed by atoms with Crippen molar-refractivity contribution in [3.05, 3.63) is 132 Å². The molecule has 38 heavy (non-hydrogen) atoms. The number of benzene rings is 4. The molecule has 0 radical (unpaired) electrons. The van der Waals surface area contributed by atoms with E-state index in [1.165, 1.54) is 11.8 Å². The molecule has 4 aromatic rings. The zero-order valence-electron chi connectivity index (χ0n) is 20.5. The summed E-state index contributed by atoms with van der Waals surface area (Å²) in [7, 11) is 0. The number of thioether (sulfide) groups is 1. The van der Waals surface area contributed by atoms with E-state index in [9.17, 15) is 15.3 Å². The highest BCUT2D eigenvalue weighted by Gasteiger charge is 2.40.